The molecule has 0 fully saturated rings. The second kappa shape index (κ2) is 7.92. The summed E-state index contributed by atoms with van der Waals surface area (Å²) in [6.45, 7) is 0.827. The van der Waals surface area contributed by atoms with E-state index in [0.29, 0.717) is 22.9 Å². The average Bonchev–Trinajstić information content (AvgIpc) is 2.45. The van der Waals surface area contributed by atoms with Gasteiger partial charge in [0.25, 0.3) is 0 Å². The molecule has 0 saturated heterocycles. The van der Waals surface area contributed by atoms with Gasteiger partial charge in [0.05, 0.1) is 0 Å². The van der Waals surface area contributed by atoms with Crippen LogP contribution in [0.1, 0.15) is 11.1 Å². The quantitative estimate of drug-likeness (QED) is 0.765. The first kappa shape index (κ1) is 16.5. The van der Waals surface area contributed by atoms with Crippen LogP contribution in [0.3, 0.4) is 0 Å². The molecule has 0 saturated carbocycles. The van der Waals surface area contributed by atoms with Gasteiger partial charge in [-0.1, -0.05) is 45.7 Å². The topological polar surface area (TPSA) is 12.0 Å². The lowest BCUT2D eigenvalue weighted by molar-refractivity contribution is 0.479. The molecule has 1 unspecified atom stereocenters. The molecular formula is C17H18BrClFN. The molecule has 2 aromatic rings. The van der Waals surface area contributed by atoms with Crippen LogP contribution in [-0.4, -0.2) is 13.6 Å². The maximum Gasteiger partial charge on any atom is 0.126 e. The molecule has 0 aromatic heterocycles. The summed E-state index contributed by atoms with van der Waals surface area (Å²) in [5, 5.41) is 3.77. The monoisotopic (exact) mass is 369 g/mol. The zero-order valence-corrected chi connectivity index (χ0v) is 14.2. The average molecular weight is 371 g/mol. The Hall–Kier alpha value is -0.900. The van der Waals surface area contributed by atoms with Crippen LogP contribution in [0.4, 0.5) is 4.39 Å². The van der Waals surface area contributed by atoms with Crippen LogP contribution in [-0.2, 0) is 12.8 Å². The molecule has 0 amide bonds. The Bertz CT molecular complexity index is 603. The van der Waals surface area contributed by atoms with Crippen LogP contribution < -0.4 is 5.32 Å². The van der Waals surface area contributed by atoms with E-state index in [4.69, 9.17) is 11.6 Å². The van der Waals surface area contributed by atoms with E-state index in [0.717, 1.165) is 17.4 Å². The van der Waals surface area contributed by atoms with Crippen LogP contribution >= 0.6 is 27.5 Å². The summed E-state index contributed by atoms with van der Waals surface area (Å²) in [4.78, 5) is 0. The molecule has 0 aliphatic heterocycles. The summed E-state index contributed by atoms with van der Waals surface area (Å²) in [6.07, 6.45) is 1.54. The molecule has 0 spiro atoms. The molecule has 1 atom stereocenters. The molecule has 0 radical (unpaired) electrons. The van der Waals surface area contributed by atoms with E-state index < -0.39 is 0 Å². The third-order valence-corrected chi connectivity index (χ3v) is 4.48. The van der Waals surface area contributed by atoms with E-state index in [9.17, 15) is 4.39 Å². The van der Waals surface area contributed by atoms with Crippen molar-refractivity contribution < 1.29 is 4.39 Å². The summed E-state index contributed by atoms with van der Waals surface area (Å²) in [6, 6.07) is 12.9. The predicted molar refractivity (Wildman–Crippen MR) is 90.4 cm³/mol. The predicted octanol–water partition coefficient (Wildman–Crippen LogP) is 4.86. The minimum atomic E-state index is -0.187. The number of rotatable bonds is 6. The normalized spacial score (nSPS) is 12.4. The maximum absolute atomic E-state index is 13.9. The minimum absolute atomic E-state index is 0.187. The minimum Gasteiger partial charge on any atom is -0.319 e. The first-order valence-electron chi connectivity index (χ1n) is 6.92. The first-order chi connectivity index (χ1) is 10.1. The SMILES string of the molecule is CNCC(Cc1cc(Cl)ccc1F)Cc1ccccc1Br. The Morgan fingerprint density at radius 3 is 2.57 bits per heavy atom. The Kier molecular flexibility index (Phi) is 6.22. The van der Waals surface area contributed by atoms with E-state index in [1.807, 2.05) is 25.2 Å². The highest BCUT2D eigenvalue weighted by atomic mass is 79.9. The van der Waals surface area contributed by atoms with E-state index >= 15 is 0 Å². The zero-order chi connectivity index (χ0) is 15.2. The van der Waals surface area contributed by atoms with Crippen LogP contribution in [0.15, 0.2) is 46.9 Å². The summed E-state index contributed by atoms with van der Waals surface area (Å²) in [7, 11) is 1.92. The summed E-state index contributed by atoms with van der Waals surface area (Å²) in [5.74, 6) is 0.120. The van der Waals surface area contributed by atoms with Crippen molar-refractivity contribution in [2.75, 3.05) is 13.6 Å². The second-order valence-corrected chi connectivity index (χ2v) is 6.45. The number of benzene rings is 2. The standard InChI is InChI=1S/C17H18BrClFN/c1-21-11-12(8-13-4-2-3-5-16(13)18)9-14-10-15(19)6-7-17(14)20/h2-7,10,12,21H,8-9,11H2,1H3. The lowest BCUT2D eigenvalue weighted by Crippen LogP contribution is -2.23. The van der Waals surface area contributed by atoms with Crippen molar-refractivity contribution >= 4 is 27.5 Å². The van der Waals surface area contributed by atoms with Gasteiger partial charge in [-0.05, 0) is 67.7 Å². The fourth-order valence-corrected chi connectivity index (χ4v) is 3.13. The molecule has 0 aliphatic carbocycles. The highest BCUT2D eigenvalue weighted by molar-refractivity contribution is 9.10. The maximum atomic E-state index is 13.9. The number of hydrogen-bond acceptors (Lipinski definition) is 1. The second-order valence-electron chi connectivity index (χ2n) is 5.16. The molecule has 0 aliphatic rings. The molecule has 21 heavy (non-hydrogen) atoms. The molecule has 112 valence electrons. The Labute approximate surface area is 138 Å². The van der Waals surface area contributed by atoms with Crippen LogP contribution in [0.2, 0.25) is 5.02 Å². The highest BCUT2D eigenvalue weighted by Gasteiger charge is 2.14. The first-order valence-corrected chi connectivity index (χ1v) is 8.09. The van der Waals surface area contributed by atoms with Gasteiger partial charge in [0.15, 0.2) is 0 Å². The van der Waals surface area contributed by atoms with Crippen molar-refractivity contribution in [1.29, 1.82) is 0 Å². The smallest absolute Gasteiger partial charge is 0.126 e. The van der Waals surface area contributed by atoms with Crippen LogP contribution in [0.5, 0.6) is 0 Å². The molecule has 4 heteroatoms. The lowest BCUT2D eigenvalue weighted by atomic mass is 9.92. The lowest BCUT2D eigenvalue weighted by Gasteiger charge is -2.18. The van der Waals surface area contributed by atoms with Gasteiger partial charge in [0, 0.05) is 9.50 Å². The largest absolute Gasteiger partial charge is 0.319 e. The fraction of sp³-hybridized carbons (Fsp3) is 0.294. The van der Waals surface area contributed by atoms with Gasteiger partial charge in [0.1, 0.15) is 5.82 Å². The zero-order valence-electron chi connectivity index (χ0n) is 11.9. The van der Waals surface area contributed by atoms with Crippen molar-refractivity contribution in [2.45, 2.75) is 12.8 Å². The summed E-state index contributed by atoms with van der Waals surface area (Å²) >= 11 is 9.54. The molecule has 2 aromatic carbocycles. The molecule has 2 rings (SSSR count). The van der Waals surface area contributed by atoms with E-state index in [1.54, 1.807) is 12.1 Å². The van der Waals surface area contributed by atoms with E-state index in [1.165, 1.54) is 11.6 Å². The Balaban J connectivity index is 2.16. The fourth-order valence-electron chi connectivity index (χ4n) is 2.49. The van der Waals surface area contributed by atoms with Crippen LogP contribution in [0.25, 0.3) is 0 Å². The Morgan fingerprint density at radius 1 is 1.14 bits per heavy atom. The number of nitrogens with one attached hydrogen (secondary N) is 1. The summed E-state index contributed by atoms with van der Waals surface area (Å²) < 4.78 is 15.0. The van der Waals surface area contributed by atoms with Gasteiger partial charge in [-0.3, -0.25) is 0 Å². The molecule has 0 heterocycles. The van der Waals surface area contributed by atoms with Gasteiger partial charge >= 0.3 is 0 Å². The Morgan fingerprint density at radius 2 is 1.86 bits per heavy atom. The van der Waals surface area contributed by atoms with E-state index in [2.05, 4.69) is 27.3 Å². The van der Waals surface area contributed by atoms with E-state index in [-0.39, 0.29) is 5.82 Å². The van der Waals surface area contributed by atoms with Crippen LogP contribution in [0, 0.1) is 11.7 Å². The number of halogens is 3. The van der Waals surface area contributed by atoms with Crippen molar-refractivity contribution in [3.05, 3.63) is 68.9 Å². The van der Waals surface area contributed by atoms with Gasteiger partial charge in [-0.15, -0.1) is 0 Å². The van der Waals surface area contributed by atoms with Gasteiger partial charge in [0.2, 0.25) is 0 Å². The third-order valence-electron chi connectivity index (χ3n) is 3.48. The molecule has 0 bridgehead atoms. The molecule has 1 N–H and O–H groups in total. The summed E-state index contributed by atoms with van der Waals surface area (Å²) in [5.41, 5.74) is 1.91. The molecular weight excluding hydrogens is 353 g/mol. The molecule has 1 nitrogen and oxygen atoms in total. The number of hydrogen-bond donors (Lipinski definition) is 1. The van der Waals surface area contributed by atoms with Crippen molar-refractivity contribution in [3.63, 3.8) is 0 Å². The van der Waals surface area contributed by atoms with Crippen molar-refractivity contribution in [3.8, 4) is 0 Å². The van der Waals surface area contributed by atoms with Gasteiger partial charge < -0.3 is 5.32 Å². The van der Waals surface area contributed by atoms with Crippen molar-refractivity contribution in [2.24, 2.45) is 5.92 Å². The van der Waals surface area contributed by atoms with Gasteiger partial charge in [-0.25, -0.2) is 4.39 Å². The van der Waals surface area contributed by atoms with Gasteiger partial charge in [-0.2, -0.15) is 0 Å². The van der Waals surface area contributed by atoms with Crippen molar-refractivity contribution in [1.82, 2.24) is 5.32 Å². The third kappa shape index (κ3) is 4.80. The highest BCUT2D eigenvalue weighted by Crippen LogP contribution is 2.23.